The van der Waals surface area contributed by atoms with Crippen LogP contribution in [0.4, 0.5) is 5.82 Å². The van der Waals surface area contributed by atoms with E-state index in [-0.39, 0.29) is 22.5 Å². The molecular weight excluding hydrogens is 266 g/mol. The highest BCUT2D eigenvalue weighted by molar-refractivity contribution is 8.13. The molecule has 0 radical (unpaired) electrons. The highest BCUT2D eigenvalue weighted by Gasteiger charge is 2.31. The van der Waals surface area contributed by atoms with Gasteiger partial charge in [0.1, 0.15) is 11.6 Å². The first-order valence-electron chi connectivity index (χ1n) is 5.97. The van der Waals surface area contributed by atoms with Gasteiger partial charge >= 0.3 is 0 Å². The second-order valence-corrected chi connectivity index (χ2v) is 5.76. The number of hydrogen-bond acceptors (Lipinski definition) is 5. The summed E-state index contributed by atoms with van der Waals surface area (Å²) < 4.78 is 0. The lowest BCUT2D eigenvalue weighted by atomic mass is 10.1. The molecule has 1 unspecified atom stereocenters. The van der Waals surface area contributed by atoms with Gasteiger partial charge in [-0.3, -0.25) is 19.3 Å². The van der Waals surface area contributed by atoms with Crippen LogP contribution in [0.15, 0.2) is 10.9 Å². The Hall–Kier alpha value is -1.63. The molecule has 1 aliphatic rings. The Morgan fingerprint density at radius 3 is 2.95 bits per heavy atom. The lowest BCUT2D eigenvalue weighted by Crippen LogP contribution is -2.27. The molecule has 2 heterocycles. The molecule has 19 heavy (non-hydrogen) atoms. The number of nitrogens with one attached hydrogen (secondary N) is 1. The normalized spacial score (nSPS) is 18.9. The number of thioether (sulfide) groups is 1. The first kappa shape index (κ1) is 13.8. The molecule has 0 aromatic carbocycles. The Balaban J connectivity index is 2.11. The molecule has 102 valence electrons. The van der Waals surface area contributed by atoms with Gasteiger partial charge in [-0.1, -0.05) is 11.8 Å². The minimum Gasteiger partial charge on any atom is -0.311 e. The van der Waals surface area contributed by atoms with E-state index in [1.54, 1.807) is 6.92 Å². The van der Waals surface area contributed by atoms with E-state index >= 15 is 0 Å². The molecule has 1 aromatic rings. The molecule has 1 atom stereocenters. The zero-order valence-electron chi connectivity index (χ0n) is 10.8. The quantitative estimate of drug-likeness (QED) is 0.882. The summed E-state index contributed by atoms with van der Waals surface area (Å²) in [7, 11) is 0. The zero-order valence-corrected chi connectivity index (χ0v) is 11.6. The van der Waals surface area contributed by atoms with E-state index < -0.39 is 0 Å². The lowest BCUT2D eigenvalue weighted by Gasteiger charge is -2.15. The topological polar surface area (TPSA) is 83.1 Å². The summed E-state index contributed by atoms with van der Waals surface area (Å²) in [5.74, 6) is 1.58. The number of H-pyrrole nitrogens is 1. The maximum atomic E-state index is 11.9. The number of amides is 1. The average Bonchev–Trinajstić information content (AvgIpc) is 2.66. The summed E-state index contributed by atoms with van der Waals surface area (Å²) in [4.78, 5) is 42.5. The SMILES string of the molecule is CC(=O)SCC1CC(=O)N(c2cc(=O)[nH]c(C)n2)C1. The van der Waals surface area contributed by atoms with E-state index in [4.69, 9.17) is 0 Å². The summed E-state index contributed by atoms with van der Waals surface area (Å²) in [6, 6.07) is 1.32. The fourth-order valence-electron chi connectivity index (χ4n) is 2.05. The van der Waals surface area contributed by atoms with Gasteiger partial charge in [-0.2, -0.15) is 0 Å². The Morgan fingerprint density at radius 1 is 1.58 bits per heavy atom. The minimum absolute atomic E-state index is 0.0494. The van der Waals surface area contributed by atoms with E-state index in [0.29, 0.717) is 30.4 Å². The van der Waals surface area contributed by atoms with E-state index in [1.165, 1.54) is 29.7 Å². The number of aromatic amines is 1. The van der Waals surface area contributed by atoms with E-state index in [2.05, 4.69) is 9.97 Å². The molecule has 6 nitrogen and oxygen atoms in total. The van der Waals surface area contributed by atoms with Crippen molar-refractivity contribution in [3.63, 3.8) is 0 Å². The van der Waals surface area contributed by atoms with Crippen LogP contribution in [-0.4, -0.2) is 33.3 Å². The number of carbonyl (C=O) groups excluding carboxylic acids is 2. The molecule has 0 aliphatic carbocycles. The average molecular weight is 281 g/mol. The van der Waals surface area contributed by atoms with Crippen LogP contribution in [0.3, 0.4) is 0 Å². The zero-order chi connectivity index (χ0) is 14.0. The fourth-order valence-corrected chi connectivity index (χ4v) is 2.75. The lowest BCUT2D eigenvalue weighted by molar-refractivity contribution is -0.117. The Bertz CT molecular complexity index is 570. The highest BCUT2D eigenvalue weighted by atomic mass is 32.2. The summed E-state index contributed by atoms with van der Waals surface area (Å²) in [5, 5.41) is 0.0519. The third kappa shape index (κ3) is 3.44. The van der Waals surface area contributed by atoms with Crippen molar-refractivity contribution in [2.24, 2.45) is 5.92 Å². The van der Waals surface area contributed by atoms with Gasteiger partial charge in [0, 0.05) is 31.7 Å². The number of anilines is 1. The third-order valence-corrected chi connectivity index (χ3v) is 3.90. The standard InChI is InChI=1S/C12H15N3O3S/c1-7-13-10(4-11(17)14-7)15-5-9(3-12(15)18)6-19-8(2)16/h4,9H,3,5-6H2,1-2H3,(H,13,14,17). The molecule has 1 N–H and O–H groups in total. The van der Waals surface area contributed by atoms with Gasteiger partial charge in [0.2, 0.25) is 5.91 Å². The minimum atomic E-state index is -0.267. The van der Waals surface area contributed by atoms with E-state index in [1.807, 2.05) is 0 Å². The first-order valence-corrected chi connectivity index (χ1v) is 6.96. The predicted octanol–water partition coefficient (Wildman–Crippen LogP) is 0.711. The van der Waals surface area contributed by atoms with Crippen LogP contribution >= 0.6 is 11.8 Å². The molecular formula is C12H15N3O3S. The van der Waals surface area contributed by atoms with Crippen LogP contribution in [0.25, 0.3) is 0 Å². The van der Waals surface area contributed by atoms with Gasteiger partial charge in [-0.25, -0.2) is 4.98 Å². The van der Waals surface area contributed by atoms with Crippen molar-refractivity contribution in [2.45, 2.75) is 20.3 Å². The Kier molecular flexibility index (Phi) is 4.04. The van der Waals surface area contributed by atoms with Crippen molar-refractivity contribution < 1.29 is 9.59 Å². The van der Waals surface area contributed by atoms with E-state index in [9.17, 15) is 14.4 Å². The van der Waals surface area contributed by atoms with Crippen LogP contribution in [0.5, 0.6) is 0 Å². The molecule has 1 aliphatic heterocycles. The highest BCUT2D eigenvalue weighted by Crippen LogP contribution is 2.25. The van der Waals surface area contributed by atoms with Crippen molar-refractivity contribution in [1.82, 2.24) is 9.97 Å². The van der Waals surface area contributed by atoms with Gasteiger partial charge in [-0.15, -0.1) is 0 Å². The molecule has 1 aromatic heterocycles. The molecule has 1 fully saturated rings. The van der Waals surface area contributed by atoms with Crippen molar-refractivity contribution in [2.75, 3.05) is 17.2 Å². The van der Waals surface area contributed by atoms with Crippen molar-refractivity contribution >= 4 is 28.6 Å². The Labute approximate surface area is 114 Å². The van der Waals surface area contributed by atoms with Crippen LogP contribution in [0.2, 0.25) is 0 Å². The number of aryl methyl sites for hydroxylation is 1. The van der Waals surface area contributed by atoms with Crippen LogP contribution in [0, 0.1) is 12.8 Å². The summed E-state index contributed by atoms with van der Waals surface area (Å²) in [6.45, 7) is 3.70. The van der Waals surface area contributed by atoms with Gasteiger partial charge in [0.25, 0.3) is 5.56 Å². The van der Waals surface area contributed by atoms with Gasteiger partial charge in [-0.05, 0) is 12.8 Å². The second-order valence-electron chi connectivity index (χ2n) is 4.57. The smallest absolute Gasteiger partial charge is 0.252 e. The third-order valence-electron chi connectivity index (χ3n) is 2.85. The molecule has 2 rings (SSSR count). The number of rotatable bonds is 3. The van der Waals surface area contributed by atoms with E-state index in [0.717, 1.165) is 0 Å². The molecule has 0 saturated carbocycles. The van der Waals surface area contributed by atoms with Crippen LogP contribution in [0.1, 0.15) is 19.2 Å². The number of aromatic nitrogens is 2. The molecule has 1 saturated heterocycles. The number of hydrogen-bond donors (Lipinski definition) is 1. The van der Waals surface area contributed by atoms with Gasteiger partial charge in [0.05, 0.1) is 0 Å². The Morgan fingerprint density at radius 2 is 2.32 bits per heavy atom. The molecule has 0 spiro atoms. The maximum Gasteiger partial charge on any atom is 0.252 e. The molecule has 7 heteroatoms. The van der Waals surface area contributed by atoms with Crippen molar-refractivity contribution in [3.8, 4) is 0 Å². The number of nitrogens with zero attached hydrogens (tertiary/aromatic N) is 2. The predicted molar refractivity (Wildman–Crippen MR) is 73.2 cm³/mol. The van der Waals surface area contributed by atoms with Gasteiger partial charge < -0.3 is 4.98 Å². The molecule has 1 amide bonds. The number of carbonyl (C=O) groups is 2. The van der Waals surface area contributed by atoms with Crippen molar-refractivity contribution in [3.05, 3.63) is 22.2 Å². The maximum absolute atomic E-state index is 11.9. The van der Waals surface area contributed by atoms with Crippen molar-refractivity contribution in [1.29, 1.82) is 0 Å². The monoisotopic (exact) mass is 281 g/mol. The summed E-state index contributed by atoms with van der Waals surface area (Å²) >= 11 is 1.23. The first-order chi connectivity index (χ1) is 8.95. The summed E-state index contributed by atoms with van der Waals surface area (Å²) in [5.41, 5.74) is -0.267. The molecule has 0 bridgehead atoms. The van der Waals surface area contributed by atoms with Crippen LogP contribution < -0.4 is 10.5 Å². The summed E-state index contributed by atoms with van der Waals surface area (Å²) in [6.07, 6.45) is 0.397. The largest absolute Gasteiger partial charge is 0.311 e. The van der Waals surface area contributed by atoms with Crippen LogP contribution in [-0.2, 0) is 9.59 Å². The fraction of sp³-hybridized carbons (Fsp3) is 0.500. The second kappa shape index (κ2) is 5.56. The van der Waals surface area contributed by atoms with Gasteiger partial charge in [0.15, 0.2) is 5.12 Å².